The van der Waals surface area contributed by atoms with Crippen molar-refractivity contribution >= 4 is 17.9 Å². The quantitative estimate of drug-likeness (QED) is 0.0261. The zero-order valence-electron chi connectivity index (χ0n) is 50.2. The van der Waals surface area contributed by atoms with Crippen LogP contribution >= 0.6 is 0 Å². The Hall–Kier alpha value is -4.19. The van der Waals surface area contributed by atoms with Gasteiger partial charge in [0.05, 0.1) is 0 Å². The normalized spacial score (nSPS) is 12.9. The molecule has 1 atom stereocenters. The second-order valence-electron chi connectivity index (χ2n) is 20.9. The monoisotopic (exact) mass is 1070 g/mol. The fourth-order valence-electron chi connectivity index (χ4n) is 8.74. The minimum Gasteiger partial charge on any atom is -0.462 e. The summed E-state index contributed by atoms with van der Waals surface area (Å²) in [6.45, 7) is 6.38. The van der Waals surface area contributed by atoms with Crippen molar-refractivity contribution in [3.8, 4) is 0 Å². The van der Waals surface area contributed by atoms with Crippen LogP contribution in [0.4, 0.5) is 0 Å². The Morgan fingerprint density at radius 1 is 0.273 bits per heavy atom. The van der Waals surface area contributed by atoms with Crippen molar-refractivity contribution in [2.75, 3.05) is 13.2 Å². The van der Waals surface area contributed by atoms with Crippen molar-refractivity contribution in [1.29, 1.82) is 0 Å². The van der Waals surface area contributed by atoms with Gasteiger partial charge in [0, 0.05) is 19.3 Å². The van der Waals surface area contributed by atoms with Crippen molar-refractivity contribution in [2.45, 2.75) is 297 Å². The van der Waals surface area contributed by atoms with E-state index in [0.717, 1.165) is 109 Å². The molecule has 438 valence electrons. The topological polar surface area (TPSA) is 78.9 Å². The highest BCUT2D eigenvalue weighted by atomic mass is 16.6. The SMILES string of the molecule is CC/C=C\C/C=C\C/C=C\C/C=C\C/C=C\CCCCCCCCCCCCCCCC(=O)OCC(COC(=O)CCCCCCCCCCCCCCC)OC(=O)CCC/C=C\C/C=C\C/C=C\C/C=C\C/C=C\CC. The summed E-state index contributed by atoms with van der Waals surface area (Å²) < 4.78 is 16.9. The van der Waals surface area contributed by atoms with Crippen LogP contribution in [0.1, 0.15) is 290 Å². The van der Waals surface area contributed by atoms with Gasteiger partial charge in [0.15, 0.2) is 6.10 Å². The van der Waals surface area contributed by atoms with E-state index in [4.69, 9.17) is 14.2 Å². The first-order chi connectivity index (χ1) is 38.0. The molecule has 0 aromatic rings. The summed E-state index contributed by atoms with van der Waals surface area (Å²) in [4.78, 5) is 38.3. The maximum atomic E-state index is 12.9. The third kappa shape index (κ3) is 62.5. The molecule has 0 bridgehead atoms. The van der Waals surface area contributed by atoms with Crippen molar-refractivity contribution in [2.24, 2.45) is 0 Å². The Balaban J connectivity index is 4.32. The summed E-state index contributed by atoms with van der Waals surface area (Å²) in [5, 5.41) is 0. The number of unbranched alkanes of at least 4 members (excludes halogenated alkanes) is 26. The number of hydrogen-bond acceptors (Lipinski definition) is 6. The lowest BCUT2D eigenvalue weighted by atomic mass is 10.0. The molecule has 0 aliphatic rings. The summed E-state index contributed by atoms with van der Waals surface area (Å²) in [6, 6.07) is 0. The molecule has 0 rings (SSSR count). The molecule has 0 N–H and O–H groups in total. The lowest BCUT2D eigenvalue weighted by Gasteiger charge is -2.18. The van der Waals surface area contributed by atoms with Crippen LogP contribution in [0.5, 0.6) is 0 Å². The van der Waals surface area contributed by atoms with Gasteiger partial charge in [-0.15, -0.1) is 0 Å². The van der Waals surface area contributed by atoms with Crippen molar-refractivity contribution in [3.63, 3.8) is 0 Å². The predicted octanol–water partition coefficient (Wildman–Crippen LogP) is 22.0. The van der Waals surface area contributed by atoms with E-state index >= 15 is 0 Å². The number of carbonyl (C=O) groups excluding carboxylic acids is 3. The highest BCUT2D eigenvalue weighted by molar-refractivity contribution is 5.71. The van der Waals surface area contributed by atoms with Gasteiger partial charge < -0.3 is 14.2 Å². The van der Waals surface area contributed by atoms with Crippen molar-refractivity contribution in [3.05, 3.63) is 122 Å². The summed E-state index contributed by atoms with van der Waals surface area (Å²) in [5.74, 6) is -0.954. The maximum absolute atomic E-state index is 12.9. The Morgan fingerprint density at radius 2 is 0.519 bits per heavy atom. The summed E-state index contributed by atoms with van der Waals surface area (Å²) in [6.07, 6.45) is 89.3. The Labute approximate surface area is 475 Å². The fraction of sp³-hybridized carbons (Fsp3) is 0.676. The molecule has 6 nitrogen and oxygen atoms in total. The van der Waals surface area contributed by atoms with Gasteiger partial charge in [-0.05, 0) is 103 Å². The molecule has 0 heterocycles. The number of ether oxygens (including phenoxy) is 3. The number of esters is 3. The van der Waals surface area contributed by atoms with E-state index in [1.807, 2.05) is 0 Å². The van der Waals surface area contributed by atoms with Crippen LogP contribution in [0.15, 0.2) is 122 Å². The molecule has 0 aliphatic heterocycles. The molecule has 0 amide bonds. The van der Waals surface area contributed by atoms with Gasteiger partial charge in [-0.1, -0.05) is 290 Å². The van der Waals surface area contributed by atoms with Gasteiger partial charge in [0.1, 0.15) is 13.2 Å². The predicted molar refractivity (Wildman–Crippen MR) is 334 cm³/mol. The summed E-state index contributed by atoms with van der Waals surface area (Å²) in [5.41, 5.74) is 0. The van der Waals surface area contributed by atoms with Crippen molar-refractivity contribution in [1.82, 2.24) is 0 Å². The zero-order chi connectivity index (χ0) is 55.7. The Kier molecular flexibility index (Phi) is 60.8. The minimum atomic E-state index is -0.809. The maximum Gasteiger partial charge on any atom is 0.306 e. The number of rotatable bonds is 57. The molecular weight excluding hydrogens is 949 g/mol. The van der Waals surface area contributed by atoms with Gasteiger partial charge >= 0.3 is 17.9 Å². The Morgan fingerprint density at radius 3 is 0.831 bits per heavy atom. The average Bonchev–Trinajstić information content (AvgIpc) is 3.43. The van der Waals surface area contributed by atoms with E-state index in [9.17, 15) is 14.4 Å². The molecule has 0 saturated carbocycles. The molecule has 0 fully saturated rings. The van der Waals surface area contributed by atoms with E-state index in [-0.39, 0.29) is 37.5 Å². The lowest BCUT2D eigenvalue weighted by molar-refractivity contribution is -0.167. The summed E-state index contributed by atoms with van der Waals surface area (Å²) in [7, 11) is 0. The number of carbonyl (C=O) groups is 3. The van der Waals surface area contributed by atoms with Crippen LogP contribution in [0, 0.1) is 0 Å². The van der Waals surface area contributed by atoms with E-state index in [2.05, 4.69) is 142 Å². The molecule has 0 aromatic heterocycles. The van der Waals surface area contributed by atoms with E-state index in [1.165, 1.54) is 135 Å². The van der Waals surface area contributed by atoms with Crippen LogP contribution in [-0.4, -0.2) is 37.2 Å². The van der Waals surface area contributed by atoms with Crippen LogP contribution in [-0.2, 0) is 28.6 Å². The zero-order valence-corrected chi connectivity index (χ0v) is 50.2. The molecule has 0 saturated heterocycles. The van der Waals surface area contributed by atoms with Gasteiger partial charge in [-0.25, -0.2) is 0 Å². The van der Waals surface area contributed by atoms with E-state index in [0.29, 0.717) is 19.3 Å². The molecule has 6 heteroatoms. The number of allylic oxidation sites excluding steroid dienone is 20. The highest BCUT2D eigenvalue weighted by Crippen LogP contribution is 2.16. The lowest BCUT2D eigenvalue weighted by Crippen LogP contribution is -2.30. The Bertz CT molecular complexity index is 1600. The molecule has 0 aromatic carbocycles. The third-order valence-corrected chi connectivity index (χ3v) is 13.5. The number of hydrogen-bond donors (Lipinski definition) is 0. The fourth-order valence-corrected chi connectivity index (χ4v) is 8.74. The second kappa shape index (κ2) is 64.3. The van der Waals surface area contributed by atoms with Gasteiger partial charge in [-0.3, -0.25) is 14.4 Å². The van der Waals surface area contributed by atoms with E-state index in [1.54, 1.807) is 0 Å². The largest absolute Gasteiger partial charge is 0.462 e. The first-order valence-electron chi connectivity index (χ1n) is 32.0. The van der Waals surface area contributed by atoms with Gasteiger partial charge in [0.25, 0.3) is 0 Å². The van der Waals surface area contributed by atoms with Gasteiger partial charge in [-0.2, -0.15) is 0 Å². The van der Waals surface area contributed by atoms with Crippen LogP contribution in [0.2, 0.25) is 0 Å². The molecule has 0 radical (unpaired) electrons. The molecular formula is C71H118O6. The van der Waals surface area contributed by atoms with Crippen LogP contribution < -0.4 is 0 Å². The van der Waals surface area contributed by atoms with Crippen molar-refractivity contribution < 1.29 is 28.6 Å². The van der Waals surface area contributed by atoms with Gasteiger partial charge in [0.2, 0.25) is 0 Å². The van der Waals surface area contributed by atoms with Crippen LogP contribution in [0.25, 0.3) is 0 Å². The van der Waals surface area contributed by atoms with Crippen LogP contribution in [0.3, 0.4) is 0 Å². The smallest absolute Gasteiger partial charge is 0.306 e. The molecule has 0 aliphatic carbocycles. The molecule has 77 heavy (non-hydrogen) atoms. The molecule has 0 spiro atoms. The highest BCUT2D eigenvalue weighted by Gasteiger charge is 2.19. The summed E-state index contributed by atoms with van der Waals surface area (Å²) >= 11 is 0. The second-order valence-corrected chi connectivity index (χ2v) is 20.9. The van der Waals surface area contributed by atoms with E-state index < -0.39 is 6.10 Å². The standard InChI is InChI=1S/C71H118O6/c1-4-7-10-13-16-19-22-25-27-29-30-31-32-33-34-35-36-37-38-39-40-42-43-46-49-52-55-58-61-64-70(73)76-67-68(66-75-69(72)63-60-57-54-51-48-45-24-21-18-15-12-9-6-3)77-71(74)65-62-59-56-53-50-47-44-41-28-26-23-20-17-14-11-8-5-2/h7-8,10-11,16-17,19-20,25-28,30-31,33-34,44,47,53,56,68H,4-6,9,12-15,18,21-24,29,32,35-43,45-46,48-52,54-55,57-67H2,1-3H3/b10-7-,11-8-,19-16-,20-17-,27-25-,28-26-,31-30-,34-33-,47-44-,56-53-. The minimum absolute atomic E-state index is 0.0997. The third-order valence-electron chi connectivity index (χ3n) is 13.5. The molecule has 1 unspecified atom stereocenters. The average molecular weight is 1070 g/mol. The first-order valence-corrected chi connectivity index (χ1v) is 32.0. The first kappa shape index (κ1) is 72.8.